The summed E-state index contributed by atoms with van der Waals surface area (Å²) in [6.07, 6.45) is 0. The molecule has 0 amide bonds. The van der Waals surface area contributed by atoms with Crippen molar-refractivity contribution >= 4 is 5.69 Å². The van der Waals surface area contributed by atoms with Crippen LogP contribution in [0.4, 0.5) is 23.2 Å². The highest BCUT2D eigenvalue weighted by atomic mass is 19.2. The molecule has 0 aliphatic heterocycles. The minimum atomic E-state index is -1.00. The Hall–Kier alpha value is -2.04. The molecule has 0 saturated heterocycles. The van der Waals surface area contributed by atoms with Gasteiger partial charge in [0.05, 0.1) is 6.04 Å². The smallest absolute Gasteiger partial charge is 0.160 e. The standard InChI is InChI=1S/C14H11F4N/c1-8(11-6-9(15)2-4-12(11)16)19-10-3-5-13(17)14(18)7-10/h2-8,19H,1H3. The number of nitrogens with one attached hydrogen (secondary N) is 1. The Morgan fingerprint density at radius 3 is 2.21 bits per heavy atom. The lowest BCUT2D eigenvalue weighted by atomic mass is 10.1. The first-order valence-corrected chi connectivity index (χ1v) is 5.64. The summed E-state index contributed by atoms with van der Waals surface area (Å²) >= 11 is 0. The second-order valence-electron chi connectivity index (χ2n) is 4.16. The lowest BCUT2D eigenvalue weighted by molar-refractivity contribution is 0.509. The molecule has 0 aliphatic rings. The number of hydrogen-bond acceptors (Lipinski definition) is 1. The third kappa shape index (κ3) is 3.05. The predicted molar refractivity (Wildman–Crippen MR) is 64.8 cm³/mol. The fourth-order valence-electron chi connectivity index (χ4n) is 1.76. The zero-order chi connectivity index (χ0) is 14.0. The first-order chi connectivity index (χ1) is 8.97. The van der Waals surface area contributed by atoms with Crippen LogP contribution in [0.1, 0.15) is 18.5 Å². The highest BCUT2D eigenvalue weighted by Crippen LogP contribution is 2.23. The molecule has 0 heterocycles. The number of hydrogen-bond donors (Lipinski definition) is 1. The largest absolute Gasteiger partial charge is 0.378 e. The van der Waals surface area contributed by atoms with Crippen molar-refractivity contribution in [3.63, 3.8) is 0 Å². The second kappa shape index (κ2) is 5.30. The van der Waals surface area contributed by atoms with Crippen molar-refractivity contribution in [2.45, 2.75) is 13.0 Å². The molecular formula is C14H11F4N. The Kier molecular flexibility index (Phi) is 3.74. The van der Waals surface area contributed by atoms with Gasteiger partial charge in [-0.15, -0.1) is 0 Å². The van der Waals surface area contributed by atoms with E-state index in [2.05, 4.69) is 5.32 Å². The van der Waals surface area contributed by atoms with E-state index in [1.807, 2.05) is 0 Å². The quantitative estimate of drug-likeness (QED) is 0.813. The van der Waals surface area contributed by atoms with Crippen LogP contribution in [-0.2, 0) is 0 Å². The van der Waals surface area contributed by atoms with Crippen molar-refractivity contribution < 1.29 is 17.6 Å². The average Bonchev–Trinajstić information content (AvgIpc) is 2.36. The zero-order valence-corrected chi connectivity index (χ0v) is 10.1. The zero-order valence-electron chi connectivity index (χ0n) is 10.1. The molecule has 5 heteroatoms. The van der Waals surface area contributed by atoms with Gasteiger partial charge in [-0.2, -0.15) is 0 Å². The SMILES string of the molecule is CC(Nc1ccc(F)c(F)c1)c1cc(F)ccc1F. The van der Waals surface area contributed by atoms with E-state index in [9.17, 15) is 17.6 Å². The van der Waals surface area contributed by atoms with Gasteiger partial charge in [-0.05, 0) is 37.3 Å². The van der Waals surface area contributed by atoms with Crippen molar-refractivity contribution in [3.8, 4) is 0 Å². The Morgan fingerprint density at radius 2 is 1.53 bits per heavy atom. The topological polar surface area (TPSA) is 12.0 Å². The minimum absolute atomic E-state index is 0.115. The number of benzene rings is 2. The molecule has 19 heavy (non-hydrogen) atoms. The van der Waals surface area contributed by atoms with Gasteiger partial charge >= 0.3 is 0 Å². The lowest BCUT2D eigenvalue weighted by Gasteiger charge is -2.16. The summed E-state index contributed by atoms with van der Waals surface area (Å²) in [6, 6.07) is 5.77. The van der Waals surface area contributed by atoms with E-state index in [1.165, 1.54) is 6.07 Å². The van der Waals surface area contributed by atoms with Gasteiger partial charge < -0.3 is 5.32 Å². The third-order valence-electron chi connectivity index (χ3n) is 2.73. The molecule has 0 aromatic heterocycles. The molecule has 0 saturated carbocycles. The highest BCUT2D eigenvalue weighted by molar-refractivity contribution is 5.46. The number of rotatable bonds is 3. The lowest BCUT2D eigenvalue weighted by Crippen LogP contribution is -2.09. The van der Waals surface area contributed by atoms with Crippen LogP contribution in [0.25, 0.3) is 0 Å². The van der Waals surface area contributed by atoms with Gasteiger partial charge in [-0.1, -0.05) is 0 Å². The van der Waals surface area contributed by atoms with Gasteiger partial charge in [-0.3, -0.25) is 0 Å². The summed E-state index contributed by atoms with van der Waals surface area (Å²) in [7, 11) is 0. The summed E-state index contributed by atoms with van der Waals surface area (Å²) in [6.45, 7) is 1.60. The number of halogens is 4. The molecule has 2 aromatic rings. The summed E-state index contributed by atoms with van der Waals surface area (Å²) in [5.74, 6) is -3.09. The average molecular weight is 269 g/mol. The van der Waals surface area contributed by atoms with Crippen LogP contribution in [0.2, 0.25) is 0 Å². The minimum Gasteiger partial charge on any atom is -0.378 e. The first kappa shape index (κ1) is 13.4. The Labute approximate surface area is 107 Å². The van der Waals surface area contributed by atoms with Crippen LogP contribution >= 0.6 is 0 Å². The van der Waals surface area contributed by atoms with E-state index in [0.29, 0.717) is 0 Å². The Balaban J connectivity index is 2.22. The van der Waals surface area contributed by atoms with E-state index in [1.54, 1.807) is 6.92 Å². The van der Waals surface area contributed by atoms with Crippen LogP contribution in [0.3, 0.4) is 0 Å². The molecule has 0 radical (unpaired) electrons. The molecule has 100 valence electrons. The van der Waals surface area contributed by atoms with Gasteiger partial charge in [0.25, 0.3) is 0 Å². The van der Waals surface area contributed by atoms with Crippen LogP contribution in [-0.4, -0.2) is 0 Å². The molecule has 1 N–H and O–H groups in total. The van der Waals surface area contributed by atoms with Crippen LogP contribution in [0.5, 0.6) is 0 Å². The fourth-order valence-corrected chi connectivity index (χ4v) is 1.76. The summed E-state index contributed by atoms with van der Waals surface area (Å²) in [5, 5.41) is 2.78. The molecule has 0 bridgehead atoms. The maximum atomic E-state index is 13.5. The summed E-state index contributed by atoms with van der Waals surface area (Å²) in [5.41, 5.74) is 0.403. The molecule has 1 unspecified atom stereocenters. The van der Waals surface area contributed by atoms with Gasteiger partial charge in [0.1, 0.15) is 11.6 Å². The Bertz CT molecular complexity index is 598. The van der Waals surface area contributed by atoms with E-state index in [0.717, 1.165) is 30.3 Å². The monoisotopic (exact) mass is 269 g/mol. The molecule has 2 aromatic carbocycles. The van der Waals surface area contributed by atoms with Gasteiger partial charge in [0.15, 0.2) is 11.6 Å². The maximum absolute atomic E-state index is 13.5. The van der Waals surface area contributed by atoms with E-state index >= 15 is 0 Å². The molecule has 2 rings (SSSR count). The van der Waals surface area contributed by atoms with E-state index < -0.39 is 29.3 Å². The maximum Gasteiger partial charge on any atom is 0.160 e. The van der Waals surface area contributed by atoms with Crippen molar-refractivity contribution in [2.24, 2.45) is 0 Å². The van der Waals surface area contributed by atoms with Crippen LogP contribution < -0.4 is 5.32 Å². The van der Waals surface area contributed by atoms with Gasteiger partial charge in [0.2, 0.25) is 0 Å². The van der Waals surface area contributed by atoms with Crippen molar-refractivity contribution in [1.29, 1.82) is 0 Å². The van der Waals surface area contributed by atoms with Crippen molar-refractivity contribution in [2.75, 3.05) is 5.32 Å². The Morgan fingerprint density at radius 1 is 0.842 bits per heavy atom. The fraction of sp³-hybridized carbons (Fsp3) is 0.143. The normalized spacial score (nSPS) is 12.3. The van der Waals surface area contributed by atoms with E-state index in [-0.39, 0.29) is 11.3 Å². The van der Waals surface area contributed by atoms with Gasteiger partial charge in [-0.25, -0.2) is 17.6 Å². The second-order valence-corrected chi connectivity index (χ2v) is 4.16. The predicted octanol–water partition coefficient (Wildman–Crippen LogP) is 4.42. The molecule has 0 spiro atoms. The first-order valence-electron chi connectivity index (χ1n) is 5.64. The molecule has 1 atom stereocenters. The van der Waals surface area contributed by atoms with Crippen LogP contribution in [0.15, 0.2) is 36.4 Å². The van der Waals surface area contributed by atoms with Gasteiger partial charge in [0, 0.05) is 17.3 Å². The highest BCUT2D eigenvalue weighted by Gasteiger charge is 2.12. The van der Waals surface area contributed by atoms with Crippen molar-refractivity contribution in [3.05, 3.63) is 65.2 Å². The molecule has 0 aliphatic carbocycles. The summed E-state index contributed by atoms with van der Waals surface area (Å²) < 4.78 is 52.4. The molecular weight excluding hydrogens is 258 g/mol. The van der Waals surface area contributed by atoms with Crippen molar-refractivity contribution in [1.82, 2.24) is 0 Å². The van der Waals surface area contributed by atoms with E-state index in [4.69, 9.17) is 0 Å². The summed E-state index contributed by atoms with van der Waals surface area (Å²) in [4.78, 5) is 0. The molecule has 0 fully saturated rings. The number of anilines is 1. The third-order valence-corrected chi connectivity index (χ3v) is 2.73. The van der Waals surface area contributed by atoms with Crippen LogP contribution in [0, 0.1) is 23.3 Å². The molecule has 1 nitrogen and oxygen atoms in total.